The Morgan fingerprint density at radius 3 is 1.90 bits per heavy atom. The molecule has 206 valence electrons. The first-order valence-electron chi connectivity index (χ1n) is 11.7. The molecule has 3 aromatic carbocycles. The zero-order valence-corrected chi connectivity index (χ0v) is 21.5. The predicted octanol–water partition coefficient (Wildman–Crippen LogP) is 5.56. The van der Waals surface area contributed by atoms with Crippen molar-refractivity contribution in [1.82, 2.24) is 0 Å². The smallest absolute Gasteiger partial charge is 0.478 e. The maximum atomic E-state index is 12.6. The number of rotatable bonds is 5. The topological polar surface area (TPSA) is 110 Å². The summed E-state index contributed by atoms with van der Waals surface area (Å²) in [7, 11) is 0. The average Bonchev–Trinajstić information content (AvgIpc) is 2.89. The molecule has 1 aliphatic rings. The van der Waals surface area contributed by atoms with E-state index >= 15 is 0 Å². The number of piperazine rings is 1. The number of alkyl halides is 3. The largest absolute Gasteiger partial charge is 0.490 e. The van der Waals surface area contributed by atoms with Gasteiger partial charge >= 0.3 is 18.1 Å². The van der Waals surface area contributed by atoms with E-state index in [2.05, 4.69) is 15.1 Å². The number of carbonyl (C=O) groups excluding carboxylic acids is 1. The zero-order valence-electron chi connectivity index (χ0n) is 20.7. The fourth-order valence-corrected chi connectivity index (χ4v) is 4.24. The number of carbonyl (C=O) groups is 3. The Hall–Kier alpha value is -4.25. The van der Waals surface area contributed by atoms with Crippen molar-refractivity contribution in [3.63, 3.8) is 0 Å². The van der Waals surface area contributed by atoms with Crippen LogP contribution in [0.25, 0.3) is 0 Å². The Labute approximate surface area is 227 Å². The SMILES string of the molecule is Cc1ccccc1C(=O)Nc1ccc(N2CCN(c3ccccc3Cl)CC2)c(C(=O)O)c1.O=C(O)C(F)(F)F. The normalized spacial score (nSPS) is 13.3. The van der Waals surface area contributed by atoms with Crippen LogP contribution in [0.1, 0.15) is 26.3 Å². The van der Waals surface area contributed by atoms with Crippen LogP contribution in [0, 0.1) is 6.92 Å². The minimum atomic E-state index is -5.08. The van der Waals surface area contributed by atoms with Gasteiger partial charge in [-0.25, -0.2) is 9.59 Å². The number of hydrogen-bond acceptors (Lipinski definition) is 5. The number of hydrogen-bond donors (Lipinski definition) is 3. The molecule has 1 fully saturated rings. The van der Waals surface area contributed by atoms with E-state index in [9.17, 15) is 27.9 Å². The molecule has 0 unspecified atom stereocenters. The van der Waals surface area contributed by atoms with E-state index in [0.717, 1.165) is 24.3 Å². The first kappa shape index (κ1) is 29.3. The summed E-state index contributed by atoms with van der Waals surface area (Å²) in [6, 6.07) is 20.0. The van der Waals surface area contributed by atoms with Gasteiger partial charge in [-0.15, -0.1) is 0 Å². The Morgan fingerprint density at radius 2 is 1.36 bits per heavy atom. The van der Waals surface area contributed by atoms with Gasteiger partial charge in [-0.3, -0.25) is 4.79 Å². The van der Waals surface area contributed by atoms with Gasteiger partial charge < -0.3 is 25.3 Å². The molecule has 0 bridgehead atoms. The van der Waals surface area contributed by atoms with Crippen molar-refractivity contribution in [3.8, 4) is 0 Å². The Balaban J connectivity index is 0.000000532. The van der Waals surface area contributed by atoms with Crippen molar-refractivity contribution >= 4 is 46.5 Å². The van der Waals surface area contributed by atoms with E-state index in [1.54, 1.807) is 24.3 Å². The molecule has 4 rings (SSSR count). The monoisotopic (exact) mass is 563 g/mol. The van der Waals surface area contributed by atoms with Gasteiger partial charge in [0.05, 0.1) is 22.0 Å². The fourth-order valence-electron chi connectivity index (χ4n) is 3.98. The number of anilines is 3. The van der Waals surface area contributed by atoms with Crippen molar-refractivity contribution in [2.24, 2.45) is 0 Å². The molecule has 0 radical (unpaired) electrons. The lowest BCUT2D eigenvalue weighted by atomic mass is 10.1. The summed E-state index contributed by atoms with van der Waals surface area (Å²) in [5.74, 6) is -4.05. The summed E-state index contributed by atoms with van der Waals surface area (Å²) in [5.41, 5.74) is 3.67. The predicted molar refractivity (Wildman–Crippen MR) is 142 cm³/mol. The number of aliphatic carboxylic acids is 1. The van der Waals surface area contributed by atoms with E-state index < -0.39 is 18.1 Å². The molecule has 3 aromatic rings. The van der Waals surface area contributed by atoms with Crippen molar-refractivity contribution in [1.29, 1.82) is 0 Å². The number of halogens is 4. The van der Waals surface area contributed by atoms with E-state index in [1.165, 1.54) is 6.07 Å². The van der Waals surface area contributed by atoms with Crippen LogP contribution in [0.5, 0.6) is 0 Å². The van der Waals surface area contributed by atoms with Crippen LogP contribution in [0.3, 0.4) is 0 Å². The molecule has 1 heterocycles. The number of carboxylic acid groups (broad SMARTS) is 2. The van der Waals surface area contributed by atoms with Gasteiger partial charge in [0.1, 0.15) is 0 Å². The van der Waals surface area contributed by atoms with Crippen molar-refractivity contribution < 1.29 is 37.8 Å². The van der Waals surface area contributed by atoms with Crippen molar-refractivity contribution in [2.75, 3.05) is 41.3 Å². The van der Waals surface area contributed by atoms with Crippen LogP contribution in [0.2, 0.25) is 5.02 Å². The van der Waals surface area contributed by atoms with Crippen LogP contribution in [0.4, 0.5) is 30.2 Å². The third-order valence-corrected chi connectivity index (χ3v) is 6.25. The van der Waals surface area contributed by atoms with Gasteiger partial charge in [0.25, 0.3) is 5.91 Å². The van der Waals surface area contributed by atoms with Gasteiger partial charge in [0.15, 0.2) is 0 Å². The Bertz CT molecular complexity index is 1360. The molecule has 39 heavy (non-hydrogen) atoms. The maximum absolute atomic E-state index is 12.6. The maximum Gasteiger partial charge on any atom is 0.490 e. The molecule has 0 spiro atoms. The highest BCUT2D eigenvalue weighted by Crippen LogP contribution is 2.30. The van der Waals surface area contributed by atoms with Crippen LogP contribution in [-0.2, 0) is 4.79 Å². The second kappa shape index (κ2) is 12.5. The number of benzene rings is 3. The molecule has 0 saturated carbocycles. The van der Waals surface area contributed by atoms with Crippen LogP contribution in [-0.4, -0.2) is 60.4 Å². The van der Waals surface area contributed by atoms with Crippen LogP contribution in [0.15, 0.2) is 66.7 Å². The minimum absolute atomic E-state index is 0.166. The molecule has 1 amide bonds. The average molecular weight is 564 g/mol. The number of para-hydroxylation sites is 1. The third kappa shape index (κ3) is 7.64. The summed E-state index contributed by atoms with van der Waals surface area (Å²) < 4.78 is 31.7. The molecule has 3 N–H and O–H groups in total. The van der Waals surface area contributed by atoms with Gasteiger partial charge in [0.2, 0.25) is 0 Å². The standard InChI is InChI=1S/C25H24ClN3O3.C2HF3O2/c1-17-6-2-3-7-19(17)24(30)27-18-10-11-22(20(16-18)25(31)32)28-12-14-29(15-13-28)23-9-5-4-8-21(23)26;3-2(4,5)1(6)7/h2-11,16H,12-15H2,1H3,(H,27,30)(H,31,32);(H,6,7). The zero-order chi connectivity index (χ0) is 28.7. The molecule has 8 nitrogen and oxygen atoms in total. The molecular formula is C27H25ClF3N3O5. The van der Waals surface area contributed by atoms with Gasteiger partial charge in [-0.2, -0.15) is 13.2 Å². The molecule has 1 aliphatic heterocycles. The summed E-state index contributed by atoms with van der Waals surface area (Å²) >= 11 is 6.32. The van der Waals surface area contributed by atoms with E-state index in [1.807, 2.05) is 43.3 Å². The van der Waals surface area contributed by atoms with E-state index in [4.69, 9.17) is 21.5 Å². The van der Waals surface area contributed by atoms with Crippen molar-refractivity contribution in [3.05, 3.63) is 88.4 Å². The summed E-state index contributed by atoms with van der Waals surface area (Å²) in [6.07, 6.45) is -5.08. The number of amides is 1. The number of nitrogens with one attached hydrogen (secondary N) is 1. The Morgan fingerprint density at radius 1 is 0.821 bits per heavy atom. The number of aryl methyl sites for hydroxylation is 1. The summed E-state index contributed by atoms with van der Waals surface area (Å²) in [5, 5.41) is 20.5. The number of carboxylic acids is 2. The van der Waals surface area contributed by atoms with E-state index in [0.29, 0.717) is 35.1 Å². The lowest BCUT2D eigenvalue weighted by Crippen LogP contribution is -2.47. The highest BCUT2D eigenvalue weighted by Gasteiger charge is 2.38. The molecule has 0 aliphatic carbocycles. The van der Waals surface area contributed by atoms with Crippen LogP contribution < -0.4 is 15.1 Å². The third-order valence-electron chi connectivity index (χ3n) is 5.93. The van der Waals surface area contributed by atoms with Crippen molar-refractivity contribution in [2.45, 2.75) is 13.1 Å². The molecule has 0 atom stereocenters. The highest BCUT2D eigenvalue weighted by atomic mass is 35.5. The second-order valence-electron chi connectivity index (χ2n) is 8.53. The van der Waals surface area contributed by atoms with Gasteiger partial charge in [-0.1, -0.05) is 41.9 Å². The first-order chi connectivity index (χ1) is 18.4. The lowest BCUT2D eigenvalue weighted by Gasteiger charge is -2.38. The molecule has 12 heteroatoms. The summed E-state index contributed by atoms with van der Waals surface area (Å²) in [6.45, 7) is 4.66. The van der Waals surface area contributed by atoms with Crippen LogP contribution >= 0.6 is 11.6 Å². The molecule has 0 aromatic heterocycles. The number of aromatic carboxylic acids is 1. The Kier molecular flexibility index (Phi) is 9.42. The minimum Gasteiger partial charge on any atom is -0.478 e. The summed E-state index contributed by atoms with van der Waals surface area (Å²) in [4.78, 5) is 37.8. The molecule has 1 saturated heterocycles. The van der Waals surface area contributed by atoms with Gasteiger partial charge in [-0.05, 0) is 48.9 Å². The fraction of sp³-hybridized carbons (Fsp3) is 0.222. The number of nitrogens with zero attached hydrogens (tertiary/aromatic N) is 2. The quantitative estimate of drug-likeness (QED) is 0.373. The second-order valence-corrected chi connectivity index (χ2v) is 8.94. The molecular weight excluding hydrogens is 539 g/mol. The van der Waals surface area contributed by atoms with Gasteiger partial charge in [0, 0.05) is 37.4 Å². The first-order valence-corrected chi connectivity index (χ1v) is 12.0. The van der Waals surface area contributed by atoms with E-state index in [-0.39, 0.29) is 11.5 Å². The lowest BCUT2D eigenvalue weighted by molar-refractivity contribution is -0.192. The highest BCUT2D eigenvalue weighted by molar-refractivity contribution is 6.33.